The first-order valence-electron chi connectivity index (χ1n) is 10.5. The first-order chi connectivity index (χ1) is 14.4. The van der Waals surface area contributed by atoms with Gasteiger partial charge in [0.1, 0.15) is 5.69 Å². The van der Waals surface area contributed by atoms with Crippen LogP contribution in [0.4, 0.5) is 0 Å². The molecule has 3 aromatic rings. The summed E-state index contributed by atoms with van der Waals surface area (Å²) in [6.07, 6.45) is 1.19. The van der Waals surface area contributed by atoms with Gasteiger partial charge in [0.15, 0.2) is 5.75 Å². The van der Waals surface area contributed by atoms with Crippen molar-refractivity contribution >= 4 is 11.6 Å². The summed E-state index contributed by atoms with van der Waals surface area (Å²) in [4.78, 5) is 13.1. The van der Waals surface area contributed by atoms with Crippen LogP contribution in [0.15, 0.2) is 53.3 Å². The van der Waals surface area contributed by atoms with Crippen LogP contribution in [-0.2, 0) is 52.1 Å². The van der Waals surface area contributed by atoms with Crippen molar-refractivity contribution in [1.29, 1.82) is 0 Å². The maximum absolute atomic E-state index is 13.1. The molecule has 1 radical (unpaired) electrons. The summed E-state index contributed by atoms with van der Waals surface area (Å²) in [6.45, 7) is 10.5. The van der Waals surface area contributed by atoms with E-state index in [-0.39, 0.29) is 57.4 Å². The molecule has 0 bridgehead atoms. The van der Waals surface area contributed by atoms with Crippen LogP contribution in [0, 0.1) is 20.3 Å². The number of nitrogens with zero attached hydrogens (tertiary/aromatic N) is 2. The molecule has 1 aromatic heterocycles. The zero-order valence-corrected chi connectivity index (χ0v) is 23.6. The number of halogens is 1. The minimum absolute atomic E-state index is 0. The second kappa shape index (κ2) is 14.6. The van der Waals surface area contributed by atoms with Crippen LogP contribution in [0.3, 0.4) is 0 Å². The van der Waals surface area contributed by atoms with Crippen molar-refractivity contribution in [3.8, 4) is 16.9 Å². The molecule has 0 spiro atoms. The molecule has 0 aliphatic carbocycles. The molecular formula is C26H34ClN2O2Y-. The van der Waals surface area contributed by atoms with Gasteiger partial charge in [-0.3, -0.25) is 4.79 Å². The van der Waals surface area contributed by atoms with E-state index in [0.29, 0.717) is 35.7 Å². The van der Waals surface area contributed by atoms with Crippen molar-refractivity contribution in [1.82, 2.24) is 9.78 Å². The minimum atomic E-state index is -0.257. The number of hydrogen-bond donors (Lipinski definition) is 1. The van der Waals surface area contributed by atoms with Crippen LogP contribution in [0.1, 0.15) is 44.5 Å². The van der Waals surface area contributed by atoms with Gasteiger partial charge in [-0.25, -0.2) is 4.68 Å². The van der Waals surface area contributed by atoms with Crippen LogP contribution in [0.25, 0.3) is 11.1 Å². The molecule has 0 saturated carbocycles. The summed E-state index contributed by atoms with van der Waals surface area (Å²) in [5.74, 6) is 0.238. The normalized spacial score (nSPS) is 9.97. The molecule has 0 aliphatic heterocycles. The second-order valence-corrected chi connectivity index (χ2v) is 7.93. The van der Waals surface area contributed by atoms with E-state index in [0.717, 1.165) is 16.7 Å². The number of hydrogen-bond acceptors (Lipinski definition) is 3. The molecule has 0 fully saturated rings. The Balaban J connectivity index is 0.00000234. The monoisotopic (exact) mass is 530 g/mol. The van der Waals surface area contributed by atoms with Gasteiger partial charge >= 0.3 is 0 Å². The molecule has 1 heterocycles. The summed E-state index contributed by atoms with van der Waals surface area (Å²) in [5, 5.41) is 16.1. The maximum atomic E-state index is 13.1. The third-order valence-corrected chi connectivity index (χ3v) is 4.93. The van der Waals surface area contributed by atoms with Gasteiger partial charge < -0.3 is 12.5 Å². The zero-order valence-electron chi connectivity index (χ0n) is 20.0. The predicted octanol–water partition coefficient (Wildman–Crippen LogP) is 6.49. The summed E-state index contributed by atoms with van der Waals surface area (Å²) < 4.78 is 1.49. The number of aromatic hydroxyl groups is 1. The number of rotatable bonds is 6. The van der Waals surface area contributed by atoms with E-state index in [2.05, 4.69) is 5.10 Å². The number of aromatic nitrogens is 2. The topological polar surface area (TPSA) is 55.1 Å². The van der Waals surface area contributed by atoms with Crippen molar-refractivity contribution in [2.45, 2.75) is 54.0 Å². The molecule has 0 atom stereocenters. The molecule has 2 aromatic carbocycles. The van der Waals surface area contributed by atoms with Crippen molar-refractivity contribution in [2.75, 3.05) is 0 Å². The number of benzene rings is 2. The van der Waals surface area contributed by atoms with Gasteiger partial charge in [-0.15, -0.1) is 0 Å². The Bertz CT molecular complexity index is 1050. The van der Waals surface area contributed by atoms with Crippen molar-refractivity contribution in [2.24, 2.45) is 5.92 Å². The van der Waals surface area contributed by atoms with Crippen LogP contribution < -0.4 is 5.56 Å². The molecule has 1 N–H and O–H groups in total. The third kappa shape index (κ3) is 7.83. The number of aryl methyl sites for hydroxylation is 3. The van der Waals surface area contributed by atoms with E-state index in [1.807, 2.05) is 83.1 Å². The van der Waals surface area contributed by atoms with Crippen LogP contribution in [-0.4, -0.2) is 14.9 Å². The largest absolute Gasteiger partial charge is 0.505 e. The minimum Gasteiger partial charge on any atom is -0.505 e. The van der Waals surface area contributed by atoms with Crippen LogP contribution in [0.5, 0.6) is 5.75 Å². The Kier molecular flexibility index (Phi) is 13.9. The molecule has 171 valence electrons. The Morgan fingerprint density at radius 2 is 1.72 bits per heavy atom. The molecule has 0 unspecified atom stereocenters. The SMILES string of the molecule is CC.Cc1ccccc1-c1c(O)c(CCc2cccc(Cl)c2)nn(CC(C)C)c1=O.[CH3-].[Y]. The van der Waals surface area contributed by atoms with Gasteiger partial charge in [0.25, 0.3) is 5.56 Å². The Hall–Kier alpha value is -1.49. The standard InChI is InChI=1S/C23H25ClN2O2.C2H6.CH3.Y/c1-15(2)14-26-23(28)21(19-10-5-4-7-16(19)3)22(27)20(25-26)12-11-17-8-6-9-18(24)13-17;1-2;;/h4-10,13,15,27H,11-12,14H2,1-3H3;1-2H3;1H3;/q;;-1;. The fourth-order valence-corrected chi connectivity index (χ4v) is 3.52. The van der Waals surface area contributed by atoms with Crippen molar-refractivity contribution < 1.29 is 37.8 Å². The molecule has 6 heteroatoms. The predicted molar refractivity (Wildman–Crippen MR) is 132 cm³/mol. The first kappa shape index (κ1) is 30.5. The molecule has 4 nitrogen and oxygen atoms in total. The summed E-state index contributed by atoms with van der Waals surface area (Å²) in [7, 11) is 0. The average Bonchev–Trinajstić information content (AvgIpc) is 2.72. The molecule has 0 saturated heterocycles. The van der Waals surface area contributed by atoms with Gasteiger partial charge in [0.05, 0.1) is 5.56 Å². The Morgan fingerprint density at radius 1 is 1.06 bits per heavy atom. The fourth-order valence-electron chi connectivity index (χ4n) is 3.30. The van der Waals surface area contributed by atoms with E-state index < -0.39 is 0 Å². The van der Waals surface area contributed by atoms with E-state index in [4.69, 9.17) is 11.6 Å². The van der Waals surface area contributed by atoms with E-state index >= 15 is 0 Å². The fraction of sp³-hybridized carbons (Fsp3) is 0.346. The third-order valence-electron chi connectivity index (χ3n) is 4.69. The van der Waals surface area contributed by atoms with Gasteiger partial charge in [-0.05, 0) is 54.5 Å². The van der Waals surface area contributed by atoms with E-state index in [1.54, 1.807) is 0 Å². The molecule has 0 aliphatic rings. The Morgan fingerprint density at radius 3 is 2.31 bits per heavy atom. The van der Waals surface area contributed by atoms with Gasteiger partial charge in [0.2, 0.25) is 0 Å². The van der Waals surface area contributed by atoms with Gasteiger partial charge in [-0.2, -0.15) is 5.10 Å². The van der Waals surface area contributed by atoms with Crippen molar-refractivity contribution in [3.63, 3.8) is 0 Å². The molecule has 32 heavy (non-hydrogen) atoms. The molecular weight excluding hydrogens is 497 g/mol. The van der Waals surface area contributed by atoms with E-state index in [9.17, 15) is 9.90 Å². The summed E-state index contributed by atoms with van der Waals surface area (Å²) in [5.41, 5.74) is 3.35. The van der Waals surface area contributed by atoms with Crippen molar-refractivity contribution in [3.05, 3.63) is 88.2 Å². The smallest absolute Gasteiger partial charge is 0.278 e. The van der Waals surface area contributed by atoms with Gasteiger partial charge in [0, 0.05) is 44.3 Å². The summed E-state index contributed by atoms with van der Waals surface area (Å²) >= 11 is 6.07. The quantitative estimate of drug-likeness (QED) is 0.370. The first-order valence-corrected chi connectivity index (χ1v) is 10.9. The van der Waals surface area contributed by atoms with Crippen LogP contribution >= 0.6 is 11.6 Å². The Labute approximate surface area is 222 Å². The molecule has 3 rings (SSSR count). The average molecular weight is 531 g/mol. The van der Waals surface area contributed by atoms with Gasteiger partial charge in [-0.1, -0.05) is 75.7 Å². The maximum Gasteiger partial charge on any atom is 0.278 e. The van der Waals surface area contributed by atoms with E-state index in [1.165, 1.54) is 4.68 Å². The molecule has 0 amide bonds. The summed E-state index contributed by atoms with van der Waals surface area (Å²) in [6, 6.07) is 15.2. The zero-order chi connectivity index (χ0) is 22.3. The second-order valence-electron chi connectivity index (χ2n) is 7.50. The van der Waals surface area contributed by atoms with Crippen LogP contribution in [0.2, 0.25) is 5.02 Å².